The van der Waals surface area contributed by atoms with Crippen molar-refractivity contribution in [2.45, 2.75) is 32.5 Å². The molecule has 1 amide bonds. The van der Waals surface area contributed by atoms with E-state index >= 15 is 0 Å². The van der Waals surface area contributed by atoms with Crippen molar-refractivity contribution in [2.75, 3.05) is 18.1 Å². The molecule has 1 saturated heterocycles. The summed E-state index contributed by atoms with van der Waals surface area (Å²) in [5.74, 6) is -1.22. The number of rotatable bonds is 8. The van der Waals surface area contributed by atoms with Gasteiger partial charge in [-0.2, -0.15) is 5.10 Å². The Morgan fingerprint density at radius 2 is 2.00 bits per heavy atom. The number of nitrogens with zero attached hydrogens (tertiary/aromatic N) is 3. The van der Waals surface area contributed by atoms with Crippen molar-refractivity contribution in [3.8, 4) is 11.1 Å². The van der Waals surface area contributed by atoms with Crippen LogP contribution in [0.5, 0.6) is 0 Å². The summed E-state index contributed by atoms with van der Waals surface area (Å²) in [5, 5.41) is 4.18. The third kappa shape index (κ3) is 5.22. The number of ketones is 1. The highest BCUT2D eigenvalue weighted by Gasteiger charge is 2.37. The molecule has 0 saturated carbocycles. The van der Waals surface area contributed by atoms with Crippen LogP contribution in [0.15, 0.2) is 54.9 Å². The van der Waals surface area contributed by atoms with E-state index in [4.69, 9.17) is 15.2 Å². The summed E-state index contributed by atoms with van der Waals surface area (Å²) in [6.07, 6.45) is 1.61. The van der Waals surface area contributed by atoms with Crippen LogP contribution < -0.4 is 10.6 Å². The molecule has 1 aliphatic rings. The Labute approximate surface area is 201 Å². The highest BCUT2D eigenvalue weighted by Crippen LogP contribution is 2.30. The van der Waals surface area contributed by atoms with Crippen molar-refractivity contribution in [1.82, 2.24) is 9.78 Å². The average molecular weight is 480 g/mol. The molecule has 1 aliphatic heterocycles. The van der Waals surface area contributed by atoms with Gasteiger partial charge in [0.2, 0.25) is 0 Å². The molecule has 9 nitrogen and oxygen atoms in total. The van der Waals surface area contributed by atoms with Gasteiger partial charge in [-0.3, -0.25) is 14.4 Å². The van der Waals surface area contributed by atoms with E-state index in [1.54, 1.807) is 42.1 Å². The highest BCUT2D eigenvalue weighted by molar-refractivity contribution is 5.92. The fourth-order valence-electron chi connectivity index (χ4n) is 3.80. The van der Waals surface area contributed by atoms with E-state index in [0.29, 0.717) is 35.5 Å². The predicted molar refractivity (Wildman–Crippen MR) is 125 cm³/mol. The number of hydrogen-bond donors (Lipinski definition) is 1. The standard InChI is InChI=1S/C25H25FN4O5/c1-3-34-24(32)18-11-28-29(13-18)12-16-4-6-17(7-5-16)20-9-8-19(10-21(20)26)30-14-22(35-25(30)33)23(27)15(2)31/h4-11,13,22-23H,3,12,14,27H2,1-2H3/t22?,23-/m1/s1. The lowest BCUT2D eigenvalue weighted by atomic mass is 10.0. The first-order valence-corrected chi connectivity index (χ1v) is 11.1. The maximum absolute atomic E-state index is 15.0. The van der Waals surface area contributed by atoms with Crippen LogP contribution in [0.1, 0.15) is 29.8 Å². The molecule has 0 bridgehead atoms. The lowest BCUT2D eigenvalue weighted by Crippen LogP contribution is -2.43. The summed E-state index contributed by atoms with van der Waals surface area (Å²) in [5.41, 5.74) is 8.43. The van der Waals surface area contributed by atoms with E-state index in [2.05, 4.69) is 5.10 Å². The fraction of sp³-hybridized carbons (Fsp3) is 0.280. The normalized spacial score (nSPS) is 16.2. The minimum absolute atomic E-state index is 0.0678. The van der Waals surface area contributed by atoms with Gasteiger partial charge in [0.1, 0.15) is 23.7 Å². The number of ether oxygens (including phenoxy) is 2. The Hall–Kier alpha value is -4.05. The van der Waals surface area contributed by atoms with Crippen LogP contribution in [0.4, 0.5) is 14.9 Å². The Kier molecular flexibility index (Phi) is 6.92. The molecule has 2 atom stereocenters. The second-order valence-corrected chi connectivity index (χ2v) is 8.18. The van der Waals surface area contributed by atoms with Crippen LogP contribution in [-0.2, 0) is 20.8 Å². The van der Waals surface area contributed by atoms with Crippen LogP contribution in [0.2, 0.25) is 0 Å². The van der Waals surface area contributed by atoms with Gasteiger partial charge in [-0.15, -0.1) is 0 Å². The maximum atomic E-state index is 15.0. The van der Waals surface area contributed by atoms with E-state index in [0.717, 1.165) is 5.56 Å². The molecule has 1 fully saturated rings. The smallest absolute Gasteiger partial charge is 0.414 e. The lowest BCUT2D eigenvalue weighted by Gasteiger charge is -2.16. The summed E-state index contributed by atoms with van der Waals surface area (Å²) in [7, 11) is 0. The molecule has 0 spiro atoms. The van der Waals surface area contributed by atoms with Crippen molar-refractivity contribution in [2.24, 2.45) is 5.73 Å². The first kappa shape index (κ1) is 24.1. The van der Waals surface area contributed by atoms with Crippen LogP contribution >= 0.6 is 0 Å². The molecule has 182 valence electrons. The number of cyclic esters (lactones) is 1. The molecule has 10 heteroatoms. The number of amides is 1. The number of nitrogens with two attached hydrogens (primary N) is 1. The molecule has 0 radical (unpaired) electrons. The van der Waals surface area contributed by atoms with Crippen LogP contribution in [0, 0.1) is 5.82 Å². The number of carbonyl (C=O) groups excluding carboxylic acids is 3. The zero-order chi connectivity index (χ0) is 25.1. The fourth-order valence-corrected chi connectivity index (χ4v) is 3.80. The van der Waals surface area contributed by atoms with Gasteiger partial charge < -0.3 is 15.2 Å². The number of hydrogen-bond acceptors (Lipinski definition) is 7. The molecule has 35 heavy (non-hydrogen) atoms. The number of halogens is 1. The van der Waals surface area contributed by atoms with Gasteiger partial charge in [-0.05, 0) is 43.2 Å². The van der Waals surface area contributed by atoms with Gasteiger partial charge in [0.15, 0.2) is 0 Å². The Morgan fingerprint density at radius 3 is 2.66 bits per heavy atom. The minimum Gasteiger partial charge on any atom is -0.462 e. The molecular formula is C25H25FN4O5. The molecule has 2 N–H and O–H groups in total. The predicted octanol–water partition coefficient (Wildman–Crippen LogP) is 3.16. The zero-order valence-electron chi connectivity index (χ0n) is 19.3. The number of aromatic nitrogens is 2. The van der Waals surface area contributed by atoms with Crippen molar-refractivity contribution >= 4 is 23.5 Å². The lowest BCUT2D eigenvalue weighted by molar-refractivity contribution is -0.120. The molecule has 2 heterocycles. The molecule has 4 rings (SSSR count). The van der Waals surface area contributed by atoms with E-state index in [9.17, 15) is 18.8 Å². The summed E-state index contributed by atoms with van der Waals surface area (Å²) in [4.78, 5) is 36.8. The van der Waals surface area contributed by atoms with Gasteiger partial charge in [0.05, 0.1) is 37.1 Å². The van der Waals surface area contributed by atoms with Crippen molar-refractivity contribution in [3.63, 3.8) is 0 Å². The number of esters is 1. The number of benzene rings is 2. The van der Waals surface area contributed by atoms with Crippen molar-refractivity contribution in [3.05, 3.63) is 71.8 Å². The number of anilines is 1. The highest BCUT2D eigenvalue weighted by atomic mass is 19.1. The number of Topliss-reactive ketones (excluding diaryl/α,β-unsaturated/α-hetero) is 1. The van der Waals surface area contributed by atoms with Gasteiger partial charge in [-0.1, -0.05) is 24.3 Å². The molecule has 3 aromatic rings. The van der Waals surface area contributed by atoms with E-state index < -0.39 is 30.0 Å². The van der Waals surface area contributed by atoms with Crippen molar-refractivity contribution < 1.29 is 28.2 Å². The first-order valence-electron chi connectivity index (χ1n) is 11.1. The van der Waals surface area contributed by atoms with Crippen LogP contribution in [0.25, 0.3) is 11.1 Å². The average Bonchev–Trinajstić information content (AvgIpc) is 3.46. The van der Waals surface area contributed by atoms with Crippen molar-refractivity contribution in [1.29, 1.82) is 0 Å². The Morgan fingerprint density at radius 1 is 1.26 bits per heavy atom. The third-order valence-corrected chi connectivity index (χ3v) is 5.72. The summed E-state index contributed by atoms with van der Waals surface area (Å²) in [6, 6.07) is 10.8. The topological polar surface area (TPSA) is 117 Å². The van der Waals surface area contributed by atoms with Gasteiger partial charge in [0.25, 0.3) is 0 Å². The van der Waals surface area contributed by atoms with Gasteiger partial charge in [-0.25, -0.2) is 14.0 Å². The molecule has 0 aliphatic carbocycles. The SMILES string of the molecule is CCOC(=O)c1cnn(Cc2ccc(-c3ccc(N4CC([C@H](N)C(C)=O)OC4=O)cc3F)cc2)c1. The molecule has 2 aromatic carbocycles. The van der Waals surface area contributed by atoms with Crippen LogP contribution in [0.3, 0.4) is 0 Å². The van der Waals surface area contributed by atoms with Gasteiger partial charge >= 0.3 is 12.1 Å². The summed E-state index contributed by atoms with van der Waals surface area (Å²) in [6.45, 7) is 3.86. The quantitative estimate of drug-likeness (QED) is 0.492. The van der Waals surface area contributed by atoms with Crippen LogP contribution in [-0.4, -0.2) is 52.9 Å². The molecular weight excluding hydrogens is 455 g/mol. The second-order valence-electron chi connectivity index (χ2n) is 8.18. The van der Waals surface area contributed by atoms with E-state index in [1.165, 1.54) is 24.1 Å². The third-order valence-electron chi connectivity index (χ3n) is 5.72. The maximum Gasteiger partial charge on any atom is 0.414 e. The largest absolute Gasteiger partial charge is 0.462 e. The van der Waals surface area contributed by atoms with Gasteiger partial charge in [0, 0.05) is 11.8 Å². The Bertz CT molecular complexity index is 1260. The van der Waals surface area contributed by atoms with E-state index in [1.807, 2.05) is 12.1 Å². The monoisotopic (exact) mass is 480 g/mol. The zero-order valence-corrected chi connectivity index (χ0v) is 19.3. The number of carbonyl (C=O) groups is 3. The first-order chi connectivity index (χ1) is 16.8. The summed E-state index contributed by atoms with van der Waals surface area (Å²) < 4.78 is 26.7. The second kappa shape index (κ2) is 10.1. The summed E-state index contributed by atoms with van der Waals surface area (Å²) >= 11 is 0. The Balaban J connectivity index is 1.45. The molecule has 1 unspecified atom stereocenters. The van der Waals surface area contributed by atoms with E-state index in [-0.39, 0.29) is 12.3 Å². The molecule has 1 aromatic heterocycles. The minimum atomic E-state index is -0.926.